The number of hydrogen-bond donors (Lipinski definition) is 1. The zero-order valence-electron chi connectivity index (χ0n) is 8.05. The van der Waals surface area contributed by atoms with Crippen molar-refractivity contribution < 1.29 is 0 Å². The van der Waals surface area contributed by atoms with Crippen LogP contribution in [0.4, 0.5) is 0 Å². The molecule has 13 heavy (non-hydrogen) atoms. The van der Waals surface area contributed by atoms with Crippen molar-refractivity contribution in [1.29, 1.82) is 0 Å². The van der Waals surface area contributed by atoms with Crippen LogP contribution in [-0.4, -0.2) is 11.0 Å². The molecule has 3 heteroatoms. The summed E-state index contributed by atoms with van der Waals surface area (Å²) in [6.07, 6.45) is 3.69. The molecule has 0 aliphatic carbocycles. The molecule has 0 radical (unpaired) electrons. The average molecular weight is 243 g/mol. The summed E-state index contributed by atoms with van der Waals surface area (Å²) in [7, 11) is 0. The highest BCUT2D eigenvalue weighted by Gasteiger charge is 2.05. The minimum atomic E-state index is 0.229. The Hall–Kier alpha value is -0.410. The second-order valence-electron chi connectivity index (χ2n) is 3.29. The molecule has 0 saturated carbocycles. The minimum Gasteiger partial charge on any atom is -0.327 e. The SMILES string of the molecule is CCC(N)Cc1ncc(Br)cc1C. The zero-order valence-corrected chi connectivity index (χ0v) is 9.63. The van der Waals surface area contributed by atoms with Crippen LogP contribution in [0.25, 0.3) is 0 Å². The summed E-state index contributed by atoms with van der Waals surface area (Å²) < 4.78 is 1.03. The molecule has 0 amide bonds. The summed E-state index contributed by atoms with van der Waals surface area (Å²) in [5.74, 6) is 0. The molecule has 0 aromatic carbocycles. The van der Waals surface area contributed by atoms with Crippen LogP contribution in [0.3, 0.4) is 0 Å². The average Bonchev–Trinajstić information content (AvgIpc) is 2.09. The molecule has 0 fully saturated rings. The summed E-state index contributed by atoms with van der Waals surface area (Å²) in [5, 5.41) is 0. The van der Waals surface area contributed by atoms with Crippen molar-refractivity contribution in [1.82, 2.24) is 4.98 Å². The van der Waals surface area contributed by atoms with E-state index < -0.39 is 0 Å². The van der Waals surface area contributed by atoms with Gasteiger partial charge in [-0.2, -0.15) is 0 Å². The quantitative estimate of drug-likeness (QED) is 0.885. The largest absolute Gasteiger partial charge is 0.327 e. The summed E-state index contributed by atoms with van der Waals surface area (Å²) in [6.45, 7) is 4.16. The van der Waals surface area contributed by atoms with Crippen molar-refractivity contribution >= 4 is 15.9 Å². The highest BCUT2D eigenvalue weighted by molar-refractivity contribution is 9.10. The van der Waals surface area contributed by atoms with Crippen LogP contribution in [0.2, 0.25) is 0 Å². The van der Waals surface area contributed by atoms with Gasteiger partial charge in [-0.05, 0) is 40.9 Å². The van der Waals surface area contributed by atoms with E-state index in [1.165, 1.54) is 5.56 Å². The predicted octanol–water partition coefficient (Wildman–Crippen LogP) is 2.43. The van der Waals surface area contributed by atoms with E-state index in [1.54, 1.807) is 0 Å². The van der Waals surface area contributed by atoms with E-state index in [0.29, 0.717) is 0 Å². The van der Waals surface area contributed by atoms with Crippen LogP contribution in [0.5, 0.6) is 0 Å². The number of halogens is 1. The fourth-order valence-corrected chi connectivity index (χ4v) is 1.62. The van der Waals surface area contributed by atoms with E-state index in [2.05, 4.69) is 40.8 Å². The molecule has 1 unspecified atom stereocenters. The van der Waals surface area contributed by atoms with Gasteiger partial charge in [0, 0.05) is 28.8 Å². The molecule has 2 nitrogen and oxygen atoms in total. The van der Waals surface area contributed by atoms with Gasteiger partial charge >= 0.3 is 0 Å². The maximum Gasteiger partial charge on any atom is 0.0449 e. The Bertz CT molecular complexity index is 286. The highest BCUT2D eigenvalue weighted by atomic mass is 79.9. The second-order valence-corrected chi connectivity index (χ2v) is 4.21. The molecule has 0 aliphatic rings. The Balaban J connectivity index is 2.77. The van der Waals surface area contributed by atoms with Crippen molar-refractivity contribution in [2.75, 3.05) is 0 Å². The van der Waals surface area contributed by atoms with Gasteiger partial charge in [-0.1, -0.05) is 6.92 Å². The van der Waals surface area contributed by atoms with Crippen LogP contribution in [0.1, 0.15) is 24.6 Å². The van der Waals surface area contributed by atoms with Gasteiger partial charge < -0.3 is 5.73 Å². The van der Waals surface area contributed by atoms with Gasteiger partial charge in [-0.25, -0.2) is 0 Å². The molecule has 0 spiro atoms. The molecule has 0 bridgehead atoms. The van der Waals surface area contributed by atoms with E-state index in [1.807, 2.05) is 6.20 Å². The first-order valence-corrected chi connectivity index (χ1v) is 5.29. The van der Waals surface area contributed by atoms with Gasteiger partial charge in [0.25, 0.3) is 0 Å². The topological polar surface area (TPSA) is 38.9 Å². The number of hydrogen-bond acceptors (Lipinski definition) is 2. The van der Waals surface area contributed by atoms with Gasteiger partial charge in [0.15, 0.2) is 0 Å². The molecule has 72 valence electrons. The lowest BCUT2D eigenvalue weighted by atomic mass is 10.1. The molecule has 0 saturated heterocycles. The monoisotopic (exact) mass is 242 g/mol. The molecular weight excluding hydrogens is 228 g/mol. The maximum atomic E-state index is 5.86. The lowest BCUT2D eigenvalue weighted by Gasteiger charge is -2.10. The summed E-state index contributed by atoms with van der Waals surface area (Å²) in [6, 6.07) is 2.30. The Labute approximate surface area is 87.7 Å². The Kier molecular flexibility index (Phi) is 3.88. The molecule has 0 aliphatic heterocycles. The van der Waals surface area contributed by atoms with Gasteiger partial charge in [-0.3, -0.25) is 4.98 Å². The summed E-state index contributed by atoms with van der Waals surface area (Å²) >= 11 is 3.39. The van der Waals surface area contributed by atoms with Gasteiger partial charge in [0.2, 0.25) is 0 Å². The van der Waals surface area contributed by atoms with Crippen LogP contribution in [-0.2, 0) is 6.42 Å². The number of aromatic nitrogens is 1. The number of aryl methyl sites for hydroxylation is 1. The van der Waals surface area contributed by atoms with Gasteiger partial charge in [-0.15, -0.1) is 0 Å². The molecule has 1 rings (SSSR count). The first-order valence-electron chi connectivity index (χ1n) is 4.50. The maximum absolute atomic E-state index is 5.86. The molecule has 2 N–H and O–H groups in total. The first kappa shape index (κ1) is 10.7. The van der Waals surface area contributed by atoms with Crippen molar-refractivity contribution in [3.05, 3.63) is 28.0 Å². The van der Waals surface area contributed by atoms with E-state index in [0.717, 1.165) is 23.0 Å². The Morgan fingerprint density at radius 1 is 1.62 bits per heavy atom. The van der Waals surface area contributed by atoms with Crippen molar-refractivity contribution in [2.24, 2.45) is 5.73 Å². The summed E-state index contributed by atoms with van der Waals surface area (Å²) in [4.78, 5) is 4.34. The van der Waals surface area contributed by atoms with Crippen molar-refractivity contribution in [2.45, 2.75) is 32.7 Å². The third-order valence-electron chi connectivity index (χ3n) is 2.13. The smallest absolute Gasteiger partial charge is 0.0449 e. The second kappa shape index (κ2) is 4.72. The summed E-state index contributed by atoms with van der Waals surface area (Å²) in [5.41, 5.74) is 8.18. The number of rotatable bonds is 3. The molecule has 1 atom stereocenters. The first-order chi connectivity index (χ1) is 6.13. The van der Waals surface area contributed by atoms with Crippen molar-refractivity contribution in [3.8, 4) is 0 Å². The van der Waals surface area contributed by atoms with Crippen LogP contribution in [0.15, 0.2) is 16.7 Å². The number of pyridine rings is 1. The fraction of sp³-hybridized carbons (Fsp3) is 0.500. The minimum absolute atomic E-state index is 0.229. The number of nitrogens with zero attached hydrogens (tertiary/aromatic N) is 1. The third-order valence-corrected chi connectivity index (χ3v) is 2.57. The molecule has 1 aromatic rings. The van der Waals surface area contributed by atoms with Gasteiger partial charge in [0.05, 0.1) is 0 Å². The normalized spacial score (nSPS) is 12.9. The van der Waals surface area contributed by atoms with E-state index >= 15 is 0 Å². The molecule has 1 aromatic heterocycles. The Morgan fingerprint density at radius 3 is 2.85 bits per heavy atom. The van der Waals surface area contributed by atoms with Crippen LogP contribution in [0, 0.1) is 6.92 Å². The highest BCUT2D eigenvalue weighted by Crippen LogP contribution is 2.14. The fourth-order valence-electron chi connectivity index (χ4n) is 1.18. The van der Waals surface area contributed by atoms with E-state index in [4.69, 9.17) is 5.73 Å². The van der Waals surface area contributed by atoms with Crippen molar-refractivity contribution in [3.63, 3.8) is 0 Å². The van der Waals surface area contributed by atoms with Gasteiger partial charge in [0.1, 0.15) is 0 Å². The Morgan fingerprint density at radius 2 is 2.31 bits per heavy atom. The molecular formula is C10H15BrN2. The lowest BCUT2D eigenvalue weighted by molar-refractivity contribution is 0.634. The lowest BCUT2D eigenvalue weighted by Crippen LogP contribution is -2.22. The number of nitrogens with two attached hydrogens (primary N) is 1. The predicted molar refractivity (Wildman–Crippen MR) is 58.6 cm³/mol. The standard InChI is InChI=1S/C10H15BrN2/c1-3-9(12)5-10-7(2)4-8(11)6-13-10/h4,6,9H,3,5,12H2,1-2H3. The zero-order chi connectivity index (χ0) is 9.84. The molecule has 1 heterocycles. The van der Waals surface area contributed by atoms with E-state index in [9.17, 15) is 0 Å². The third kappa shape index (κ3) is 3.08. The van der Waals surface area contributed by atoms with E-state index in [-0.39, 0.29) is 6.04 Å². The van der Waals surface area contributed by atoms with Crippen LogP contribution >= 0.6 is 15.9 Å². The van der Waals surface area contributed by atoms with Crippen LogP contribution < -0.4 is 5.73 Å².